The molecule has 2 amide bonds. The van der Waals surface area contributed by atoms with Gasteiger partial charge in [-0.1, -0.05) is 18.5 Å². The Hall–Kier alpha value is -1.75. The number of rotatable bonds is 6. The Kier molecular flexibility index (Phi) is 6.71. The van der Waals surface area contributed by atoms with Crippen molar-refractivity contribution in [3.8, 4) is 0 Å². The van der Waals surface area contributed by atoms with Crippen molar-refractivity contribution in [2.45, 2.75) is 39.0 Å². The van der Waals surface area contributed by atoms with Gasteiger partial charge in [0.2, 0.25) is 11.8 Å². The number of benzene rings is 1. The second-order valence-corrected chi connectivity index (χ2v) is 6.20. The van der Waals surface area contributed by atoms with Gasteiger partial charge in [-0.25, -0.2) is 0 Å². The van der Waals surface area contributed by atoms with Gasteiger partial charge in [0, 0.05) is 25.2 Å². The Balaban J connectivity index is 1.93. The molecule has 6 heteroatoms. The lowest BCUT2D eigenvalue weighted by Crippen LogP contribution is -2.39. The molecule has 126 valence electrons. The van der Waals surface area contributed by atoms with Crippen LogP contribution in [0.3, 0.4) is 0 Å². The first kappa shape index (κ1) is 17.6. The molecular formula is C17H24ClN3O2. The van der Waals surface area contributed by atoms with Gasteiger partial charge in [0.25, 0.3) is 0 Å². The van der Waals surface area contributed by atoms with E-state index in [4.69, 9.17) is 11.6 Å². The zero-order valence-corrected chi connectivity index (χ0v) is 14.3. The van der Waals surface area contributed by atoms with Crippen LogP contribution >= 0.6 is 11.6 Å². The van der Waals surface area contributed by atoms with E-state index >= 15 is 0 Å². The summed E-state index contributed by atoms with van der Waals surface area (Å²) in [7, 11) is 0. The van der Waals surface area contributed by atoms with Crippen LogP contribution in [0.1, 0.15) is 39.0 Å². The molecule has 1 aliphatic heterocycles. The number of likely N-dealkylation sites (tertiary alicyclic amines) is 1. The van der Waals surface area contributed by atoms with Crippen molar-refractivity contribution in [1.29, 1.82) is 0 Å². The van der Waals surface area contributed by atoms with Crippen molar-refractivity contribution in [3.05, 3.63) is 23.2 Å². The molecule has 1 fully saturated rings. The maximum atomic E-state index is 12.2. The quantitative estimate of drug-likeness (QED) is 0.835. The summed E-state index contributed by atoms with van der Waals surface area (Å²) >= 11 is 6.16. The Bertz CT molecular complexity index is 557. The van der Waals surface area contributed by atoms with Crippen LogP contribution in [-0.4, -0.2) is 36.3 Å². The van der Waals surface area contributed by atoms with Crippen LogP contribution in [0.25, 0.3) is 0 Å². The van der Waals surface area contributed by atoms with E-state index in [1.807, 2.05) is 11.8 Å². The predicted octanol–water partition coefficient (Wildman–Crippen LogP) is 3.50. The van der Waals surface area contributed by atoms with Crippen molar-refractivity contribution in [2.75, 3.05) is 30.3 Å². The first-order chi connectivity index (χ1) is 11.1. The van der Waals surface area contributed by atoms with Crippen molar-refractivity contribution < 1.29 is 9.59 Å². The van der Waals surface area contributed by atoms with Gasteiger partial charge in [-0.05, 0) is 43.9 Å². The maximum absolute atomic E-state index is 12.2. The molecule has 0 radical (unpaired) electrons. The van der Waals surface area contributed by atoms with Gasteiger partial charge < -0.3 is 15.5 Å². The third-order valence-corrected chi connectivity index (χ3v) is 4.20. The van der Waals surface area contributed by atoms with E-state index in [0.29, 0.717) is 22.8 Å². The largest absolute Gasteiger partial charge is 0.375 e. The average molecular weight is 338 g/mol. The Morgan fingerprint density at radius 2 is 1.96 bits per heavy atom. The fraction of sp³-hybridized carbons (Fsp3) is 0.529. The minimum absolute atomic E-state index is 0.0230. The summed E-state index contributed by atoms with van der Waals surface area (Å²) in [5.41, 5.74) is 1.34. The Labute approximate surface area is 142 Å². The standard InChI is InChI=1S/C17H24ClN3O2/c1-2-6-16(22)20-13-7-8-14(18)15(11-13)19-12-17(23)21-9-4-3-5-10-21/h7-8,11,19H,2-6,9-10,12H2,1H3,(H,20,22). The fourth-order valence-corrected chi connectivity index (χ4v) is 2.80. The van der Waals surface area contributed by atoms with E-state index in [1.165, 1.54) is 6.42 Å². The van der Waals surface area contributed by atoms with Crippen molar-refractivity contribution in [3.63, 3.8) is 0 Å². The number of amides is 2. The summed E-state index contributed by atoms with van der Waals surface area (Å²) in [4.78, 5) is 25.7. The monoisotopic (exact) mass is 337 g/mol. The second kappa shape index (κ2) is 8.77. The molecule has 0 aromatic heterocycles. The molecule has 2 N–H and O–H groups in total. The molecule has 0 atom stereocenters. The smallest absolute Gasteiger partial charge is 0.241 e. The van der Waals surface area contributed by atoms with Gasteiger partial charge in [0.15, 0.2) is 0 Å². The SMILES string of the molecule is CCCC(=O)Nc1ccc(Cl)c(NCC(=O)N2CCCCC2)c1. The van der Waals surface area contributed by atoms with Crippen LogP contribution in [-0.2, 0) is 9.59 Å². The Morgan fingerprint density at radius 3 is 2.65 bits per heavy atom. The number of carbonyl (C=O) groups excluding carboxylic acids is 2. The summed E-state index contributed by atoms with van der Waals surface area (Å²) in [6.07, 6.45) is 4.63. The second-order valence-electron chi connectivity index (χ2n) is 5.79. The number of nitrogens with zero attached hydrogens (tertiary/aromatic N) is 1. The summed E-state index contributed by atoms with van der Waals surface area (Å²) in [5.74, 6) is 0.0614. The third-order valence-electron chi connectivity index (χ3n) is 3.87. The molecule has 2 rings (SSSR count). The highest BCUT2D eigenvalue weighted by atomic mass is 35.5. The van der Waals surface area contributed by atoms with Gasteiger partial charge in [0.05, 0.1) is 17.3 Å². The highest BCUT2D eigenvalue weighted by molar-refractivity contribution is 6.33. The number of nitrogens with one attached hydrogen (secondary N) is 2. The lowest BCUT2D eigenvalue weighted by atomic mass is 10.1. The van der Waals surface area contributed by atoms with Crippen LogP contribution < -0.4 is 10.6 Å². The van der Waals surface area contributed by atoms with Crippen molar-refractivity contribution in [1.82, 2.24) is 4.90 Å². The lowest BCUT2D eigenvalue weighted by molar-refractivity contribution is -0.130. The molecule has 1 heterocycles. The highest BCUT2D eigenvalue weighted by Gasteiger charge is 2.16. The number of piperidine rings is 1. The van der Waals surface area contributed by atoms with Gasteiger partial charge in [-0.3, -0.25) is 9.59 Å². The molecule has 1 aromatic rings. The topological polar surface area (TPSA) is 61.4 Å². The summed E-state index contributed by atoms with van der Waals surface area (Å²) in [6, 6.07) is 5.24. The van der Waals surface area contributed by atoms with E-state index < -0.39 is 0 Å². The lowest BCUT2D eigenvalue weighted by Gasteiger charge is -2.27. The average Bonchev–Trinajstić information content (AvgIpc) is 2.56. The van der Waals surface area contributed by atoms with Gasteiger partial charge >= 0.3 is 0 Å². The summed E-state index contributed by atoms with van der Waals surface area (Å²) in [6.45, 7) is 3.84. The number of hydrogen-bond acceptors (Lipinski definition) is 3. The van der Waals surface area contributed by atoms with Crippen LogP contribution in [0.5, 0.6) is 0 Å². The number of anilines is 2. The van der Waals surface area contributed by atoms with Crippen LogP contribution in [0.2, 0.25) is 5.02 Å². The van der Waals surface area contributed by atoms with E-state index in [9.17, 15) is 9.59 Å². The zero-order valence-electron chi connectivity index (χ0n) is 13.5. The number of carbonyl (C=O) groups is 2. The minimum Gasteiger partial charge on any atom is -0.375 e. The number of halogens is 1. The molecule has 23 heavy (non-hydrogen) atoms. The number of hydrogen-bond donors (Lipinski definition) is 2. The highest BCUT2D eigenvalue weighted by Crippen LogP contribution is 2.25. The Morgan fingerprint density at radius 1 is 1.22 bits per heavy atom. The molecule has 5 nitrogen and oxygen atoms in total. The van der Waals surface area contributed by atoms with E-state index in [2.05, 4.69) is 10.6 Å². The van der Waals surface area contributed by atoms with Gasteiger partial charge in [0.1, 0.15) is 0 Å². The molecule has 0 saturated carbocycles. The van der Waals surface area contributed by atoms with Gasteiger partial charge in [-0.15, -0.1) is 0 Å². The van der Waals surface area contributed by atoms with Crippen LogP contribution in [0, 0.1) is 0 Å². The first-order valence-electron chi connectivity index (χ1n) is 8.21. The molecule has 0 spiro atoms. The van der Waals surface area contributed by atoms with Crippen molar-refractivity contribution >= 4 is 34.8 Å². The first-order valence-corrected chi connectivity index (χ1v) is 8.59. The molecule has 1 aliphatic rings. The van der Waals surface area contributed by atoms with E-state index in [0.717, 1.165) is 32.4 Å². The van der Waals surface area contributed by atoms with E-state index in [1.54, 1.807) is 18.2 Å². The minimum atomic E-state index is -0.0230. The van der Waals surface area contributed by atoms with Crippen molar-refractivity contribution in [2.24, 2.45) is 0 Å². The molecule has 0 bridgehead atoms. The molecule has 0 unspecified atom stereocenters. The zero-order chi connectivity index (χ0) is 16.7. The molecule has 1 saturated heterocycles. The van der Waals surface area contributed by atoms with Gasteiger partial charge in [-0.2, -0.15) is 0 Å². The fourth-order valence-electron chi connectivity index (χ4n) is 2.62. The van der Waals surface area contributed by atoms with Crippen LogP contribution in [0.4, 0.5) is 11.4 Å². The third kappa shape index (κ3) is 5.43. The molecular weight excluding hydrogens is 314 g/mol. The predicted molar refractivity (Wildman–Crippen MR) is 93.9 cm³/mol. The molecule has 0 aliphatic carbocycles. The summed E-state index contributed by atoms with van der Waals surface area (Å²) < 4.78 is 0. The summed E-state index contributed by atoms with van der Waals surface area (Å²) in [5, 5.41) is 6.44. The maximum Gasteiger partial charge on any atom is 0.241 e. The normalized spacial score (nSPS) is 14.4. The molecule has 1 aromatic carbocycles. The van der Waals surface area contributed by atoms with Crippen LogP contribution in [0.15, 0.2) is 18.2 Å². The van der Waals surface area contributed by atoms with E-state index in [-0.39, 0.29) is 18.4 Å².